The van der Waals surface area contributed by atoms with Gasteiger partial charge in [-0.05, 0) is 29.8 Å². The van der Waals surface area contributed by atoms with E-state index in [1.807, 2.05) is 0 Å². The number of ketones is 1. The van der Waals surface area contributed by atoms with Crippen molar-refractivity contribution in [3.05, 3.63) is 106 Å². The summed E-state index contributed by atoms with van der Waals surface area (Å²) in [5.41, 5.74) is -2.73. The van der Waals surface area contributed by atoms with Crippen molar-refractivity contribution in [2.24, 2.45) is 0 Å². The molecule has 1 saturated heterocycles. The van der Waals surface area contributed by atoms with Crippen molar-refractivity contribution in [3.63, 3.8) is 0 Å². The van der Waals surface area contributed by atoms with Gasteiger partial charge in [-0.25, -0.2) is 9.36 Å². The molecule has 0 saturated carbocycles. The number of carbonyl (C=O) groups excluding carboxylic acids is 1. The summed E-state index contributed by atoms with van der Waals surface area (Å²) in [6.07, 6.45) is -10.8. The maximum atomic E-state index is 14.4. The van der Waals surface area contributed by atoms with Crippen molar-refractivity contribution in [2.45, 2.75) is 31.7 Å². The third kappa shape index (κ3) is 6.38. The van der Waals surface area contributed by atoms with Gasteiger partial charge < -0.3 is 9.47 Å². The molecule has 238 valence electrons. The fraction of sp³-hybridized carbons (Fsp3) is 0.233. The summed E-state index contributed by atoms with van der Waals surface area (Å²) >= 11 is 6.44. The van der Waals surface area contributed by atoms with Crippen molar-refractivity contribution in [1.29, 1.82) is 0 Å². The first-order valence-corrected chi connectivity index (χ1v) is 14.0. The third-order valence-corrected chi connectivity index (χ3v) is 7.40. The number of hydrogen-bond acceptors (Lipinski definition) is 7. The molecule has 1 aliphatic heterocycles. The number of nitrogens with zero attached hydrogens (tertiary/aromatic N) is 6. The number of ether oxygens (including phenoxy) is 2. The van der Waals surface area contributed by atoms with E-state index in [-0.39, 0.29) is 46.0 Å². The SMILES string of the molecule is O=C(c1nnn(Cc2cc(C(F)(F)F)cc(C(F)(F)F)c2)c1-c1ccccc1)c1c(-c2ccccc2Cl)nnn1CC1OCCO1. The molecule has 1 aliphatic rings. The molecule has 3 aromatic carbocycles. The Labute approximate surface area is 261 Å². The Balaban J connectivity index is 1.49. The van der Waals surface area contributed by atoms with Gasteiger partial charge in [-0.3, -0.25) is 4.79 Å². The smallest absolute Gasteiger partial charge is 0.348 e. The van der Waals surface area contributed by atoms with Gasteiger partial charge in [0.1, 0.15) is 17.1 Å². The van der Waals surface area contributed by atoms with Crippen LogP contribution in [0.4, 0.5) is 26.3 Å². The van der Waals surface area contributed by atoms with Gasteiger partial charge in [-0.15, -0.1) is 10.2 Å². The van der Waals surface area contributed by atoms with Crippen LogP contribution in [-0.4, -0.2) is 55.3 Å². The van der Waals surface area contributed by atoms with Crippen LogP contribution >= 0.6 is 11.6 Å². The van der Waals surface area contributed by atoms with Crippen LogP contribution in [0.1, 0.15) is 32.9 Å². The largest absolute Gasteiger partial charge is 0.416 e. The standard InChI is InChI=1S/C30H21ClF6N6O3/c31-22-9-5-4-8-21(22)24-27(43(40-38-24)16-23-45-10-11-46-23)28(44)25-26(18-6-2-1-3-7-18)42(41-39-25)15-17-12-19(29(32,33)34)14-20(13-17)30(35,36)37/h1-9,12-14,23H,10-11,15-16H2. The van der Waals surface area contributed by atoms with Gasteiger partial charge in [0.2, 0.25) is 5.78 Å². The van der Waals surface area contributed by atoms with E-state index in [4.69, 9.17) is 21.1 Å². The van der Waals surface area contributed by atoms with Crippen molar-refractivity contribution in [3.8, 4) is 22.5 Å². The number of carbonyl (C=O) groups is 1. The first kappa shape index (κ1) is 31.4. The van der Waals surface area contributed by atoms with E-state index in [1.54, 1.807) is 54.6 Å². The minimum absolute atomic E-state index is 0.0300. The topological polar surface area (TPSA) is 97.0 Å². The van der Waals surface area contributed by atoms with E-state index < -0.39 is 42.1 Å². The molecule has 0 aliphatic carbocycles. The van der Waals surface area contributed by atoms with Crippen molar-refractivity contribution in [1.82, 2.24) is 30.0 Å². The van der Waals surface area contributed by atoms with Gasteiger partial charge in [0, 0.05) is 11.1 Å². The second-order valence-corrected chi connectivity index (χ2v) is 10.6. The molecule has 0 bridgehead atoms. The highest BCUT2D eigenvalue weighted by molar-refractivity contribution is 6.33. The zero-order valence-electron chi connectivity index (χ0n) is 23.4. The summed E-state index contributed by atoms with van der Waals surface area (Å²) in [7, 11) is 0. The quantitative estimate of drug-likeness (QED) is 0.137. The number of hydrogen-bond donors (Lipinski definition) is 0. The van der Waals surface area contributed by atoms with Crippen LogP contribution in [0, 0.1) is 0 Å². The molecule has 0 radical (unpaired) electrons. The minimum Gasteiger partial charge on any atom is -0.348 e. The zero-order chi connectivity index (χ0) is 32.6. The molecule has 5 aromatic rings. The highest BCUT2D eigenvalue weighted by Crippen LogP contribution is 2.37. The molecule has 3 heterocycles. The molecule has 6 rings (SSSR count). The van der Waals surface area contributed by atoms with E-state index in [0.717, 1.165) is 4.68 Å². The molecule has 0 unspecified atom stereocenters. The molecule has 0 spiro atoms. The molecule has 1 fully saturated rings. The van der Waals surface area contributed by atoms with Crippen molar-refractivity contribution in [2.75, 3.05) is 13.2 Å². The average molecular weight is 663 g/mol. The third-order valence-electron chi connectivity index (χ3n) is 7.07. The molecule has 9 nitrogen and oxygen atoms in total. The lowest BCUT2D eigenvalue weighted by Gasteiger charge is -2.15. The van der Waals surface area contributed by atoms with Gasteiger partial charge >= 0.3 is 12.4 Å². The minimum atomic E-state index is -5.05. The highest BCUT2D eigenvalue weighted by Gasteiger charge is 2.37. The average Bonchev–Trinajstić information content (AvgIpc) is 3.78. The van der Waals surface area contributed by atoms with Gasteiger partial charge in [-0.2, -0.15) is 26.3 Å². The normalized spacial score (nSPS) is 14.2. The monoisotopic (exact) mass is 662 g/mol. The van der Waals surface area contributed by atoms with Crippen LogP contribution in [0.2, 0.25) is 5.02 Å². The van der Waals surface area contributed by atoms with E-state index in [0.29, 0.717) is 36.5 Å². The van der Waals surface area contributed by atoms with E-state index in [2.05, 4.69) is 20.6 Å². The summed E-state index contributed by atoms with van der Waals surface area (Å²) in [5, 5.41) is 16.7. The van der Waals surface area contributed by atoms with Crippen LogP contribution in [-0.2, 0) is 34.9 Å². The van der Waals surface area contributed by atoms with Crippen LogP contribution in [0.5, 0.6) is 0 Å². The van der Waals surface area contributed by atoms with E-state index >= 15 is 0 Å². The summed E-state index contributed by atoms with van der Waals surface area (Å²) < 4.78 is 94.9. The Morgan fingerprint density at radius 1 is 0.826 bits per heavy atom. The Kier molecular flexibility index (Phi) is 8.39. The number of benzene rings is 3. The van der Waals surface area contributed by atoms with Crippen LogP contribution in [0.25, 0.3) is 22.5 Å². The fourth-order valence-corrected chi connectivity index (χ4v) is 5.23. The lowest BCUT2D eigenvalue weighted by atomic mass is 10.0. The van der Waals surface area contributed by atoms with Gasteiger partial charge in [0.25, 0.3) is 0 Å². The maximum absolute atomic E-state index is 14.4. The molecule has 0 atom stereocenters. The maximum Gasteiger partial charge on any atom is 0.416 e. The first-order valence-electron chi connectivity index (χ1n) is 13.6. The number of aromatic nitrogens is 6. The van der Waals surface area contributed by atoms with E-state index in [1.165, 1.54) is 4.68 Å². The van der Waals surface area contributed by atoms with Gasteiger partial charge in [0.15, 0.2) is 12.0 Å². The second kappa shape index (κ2) is 12.3. The molecule has 16 heteroatoms. The molecular formula is C30H21ClF6N6O3. The van der Waals surface area contributed by atoms with E-state index in [9.17, 15) is 31.1 Å². The number of alkyl halides is 6. The van der Waals surface area contributed by atoms with Crippen LogP contribution in [0.3, 0.4) is 0 Å². The molecular weight excluding hydrogens is 642 g/mol. The first-order chi connectivity index (χ1) is 21.9. The second-order valence-electron chi connectivity index (χ2n) is 10.2. The summed E-state index contributed by atoms with van der Waals surface area (Å²) in [6.45, 7) is 0.0596. The lowest BCUT2D eigenvalue weighted by Crippen LogP contribution is -2.22. The lowest BCUT2D eigenvalue weighted by molar-refractivity contribution is -0.143. The Morgan fingerprint density at radius 2 is 1.43 bits per heavy atom. The van der Waals surface area contributed by atoms with Crippen LogP contribution < -0.4 is 0 Å². The zero-order valence-corrected chi connectivity index (χ0v) is 24.1. The Bertz CT molecular complexity index is 1850. The summed E-state index contributed by atoms with van der Waals surface area (Å²) in [5.74, 6) is -0.733. The fourth-order valence-electron chi connectivity index (χ4n) is 5.01. The predicted octanol–water partition coefficient (Wildman–Crippen LogP) is 6.55. The Hall–Kier alpha value is -4.60. The van der Waals surface area contributed by atoms with Crippen molar-refractivity contribution < 1.29 is 40.6 Å². The highest BCUT2D eigenvalue weighted by atomic mass is 35.5. The number of halogens is 7. The molecule has 2 aromatic heterocycles. The molecule has 46 heavy (non-hydrogen) atoms. The Morgan fingerprint density at radius 3 is 2.07 bits per heavy atom. The van der Waals surface area contributed by atoms with Crippen LogP contribution in [0.15, 0.2) is 72.8 Å². The number of rotatable bonds is 8. The predicted molar refractivity (Wildman–Crippen MR) is 151 cm³/mol. The van der Waals surface area contributed by atoms with Gasteiger partial charge in [0.05, 0.1) is 42.5 Å². The van der Waals surface area contributed by atoms with Gasteiger partial charge in [-0.1, -0.05) is 70.6 Å². The summed E-state index contributed by atoms with van der Waals surface area (Å²) in [6, 6.07) is 16.0. The molecule has 0 amide bonds. The summed E-state index contributed by atoms with van der Waals surface area (Å²) in [4.78, 5) is 14.4. The van der Waals surface area contributed by atoms with Crippen molar-refractivity contribution >= 4 is 17.4 Å². The molecule has 0 N–H and O–H groups in total.